The van der Waals surface area contributed by atoms with Crippen molar-refractivity contribution in [2.24, 2.45) is 0 Å². The predicted octanol–water partition coefficient (Wildman–Crippen LogP) is 16.7. The maximum absolute atomic E-state index is 2.41. The normalized spacial score (nSPS) is 15.0. The van der Waals surface area contributed by atoms with E-state index in [1.165, 1.54) is 88.6 Å². The molecule has 2 aliphatic rings. The van der Waals surface area contributed by atoms with Crippen molar-refractivity contribution in [3.8, 4) is 39.1 Å². The second-order valence-electron chi connectivity index (χ2n) is 17.1. The molecule has 0 saturated carbocycles. The van der Waals surface area contributed by atoms with Crippen LogP contribution >= 0.6 is 0 Å². The lowest BCUT2D eigenvalue weighted by Crippen LogP contribution is -2.26. The van der Waals surface area contributed by atoms with Crippen molar-refractivity contribution in [2.45, 2.75) is 25.7 Å². The molecule has 12 rings (SSSR count). The molecule has 0 radical (unpaired) electrons. The molecule has 10 aromatic rings. The number of hydrogen-bond acceptors (Lipinski definition) is 1. The first kappa shape index (κ1) is 37.8. The molecule has 2 heteroatoms. The van der Waals surface area contributed by atoms with Crippen LogP contribution in [0.1, 0.15) is 42.5 Å². The Bertz CT molecular complexity index is 3480. The van der Waals surface area contributed by atoms with Crippen molar-refractivity contribution in [1.82, 2.24) is 4.57 Å². The van der Waals surface area contributed by atoms with Gasteiger partial charge in [-0.25, -0.2) is 0 Å². The minimum atomic E-state index is -0.354. The Morgan fingerprint density at radius 2 is 1.05 bits per heavy atom. The van der Waals surface area contributed by atoms with E-state index in [4.69, 9.17) is 0 Å². The molecule has 1 atom stereocenters. The average Bonchev–Trinajstić information content (AvgIpc) is 3.95. The van der Waals surface area contributed by atoms with E-state index < -0.39 is 0 Å². The van der Waals surface area contributed by atoms with Crippen LogP contribution in [0.2, 0.25) is 0 Å². The molecule has 0 aliphatic heterocycles. The smallest absolute Gasteiger partial charge is 0.0685 e. The Labute approximate surface area is 375 Å². The van der Waals surface area contributed by atoms with Gasteiger partial charge in [0.05, 0.1) is 16.4 Å². The van der Waals surface area contributed by atoms with Crippen LogP contribution in [0.4, 0.5) is 17.1 Å². The summed E-state index contributed by atoms with van der Waals surface area (Å²) in [6, 6.07) is 80.5. The van der Waals surface area contributed by atoms with Gasteiger partial charge in [-0.3, -0.25) is 0 Å². The summed E-state index contributed by atoms with van der Waals surface area (Å²) in [5, 5.41) is 2.48. The molecule has 1 heterocycles. The summed E-state index contributed by atoms with van der Waals surface area (Å²) >= 11 is 0. The van der Waals surface area contributed by atoms with Gasteiger partial charge in [0.25, 0.3) is 0 Å². The van der Waals surface area contributed by atoms with Gasteiger partial charge in [0.2, 0.25) is 0 Å². The Balaban J connectivity index is 1.03. The van der Waals surface area contributed by atoms with Crippen LogP contribution in [0.25, 0.3) is 66.4 Å². The molecule has 1 spiro atoms. The highest BCUT2D eigenvalue weighted by Crippen LogP contribution is 2.63. The lowest BCUT2D eigenvalue weighted by atomic mass is 9.70. The maximum Gasteiger partial charge on any atom is 0.0685 e. The van der Waals surface area contributed by atoms with Crippen molar-refractivity contribution in [3.05, 3.63) is 258 Å². The van der Waals surface area contributed by atoms with Gasteiger partial charge < -0.3 is 9.47 Å². The van der Waals surface area contributed by atoms with E-state index in [9.17, 15) is 0 Å². The second-order valence-corrected chi connectivity index (χ2v) is 17.1. The molecule has 0 bridgehead atoms. The highest BCUT2D eigenvalue weighted by atomic mass is 15.1. The first-order chi connectivity index (χ1) is 31.6. The molecule has 2 nitrogen and oxygen atoms in total. The van der Waals surface area contributed by atoms with Gasteiger partial charge >= 0.3 is 0 Å². The number of allylic oxidation sites excluding steroid dienone is 4. The molecule has 0 saturated heterocycles. The first-order valence-electron chi connectivity index (χ1n) is 22.5. The van der Waals surface area contributed by atoms with E-state index in [2.05, 4.69) is 254 Å². The van der Waals surface area contributed by atoms with Gasteiger partial charge in [0.15, 0.2) is 0 Å². The van der Waals surface area contributed by atoms with E-state index in [0.29, 0.717) is 0 Å². The number of benzene rings is 9. The summed E-state index contributed by atoms with van der Waals surface area (Å²) in [6.07, 6.45) is 5.66. The Morgan fingerprint density at radius 3 is 1.84 bits per heavy atom. The number of para-hydroxylation sites is 2. The standard InChI is InChI=1S/C62H46N2/c1-3-4-25-50-42(2)62(56-30-14-11-26-52(50)56)57-31-15-12-28-55(57)61-51(29-18-32-58(61)62)44-34-36-47(37-35-44)63(48-24-17-21-45(40-48)43-19-7-5-8-20-43)49-38-39-54-53-27-13-16-33-59(53)64(60(54)41-49)46-22-9-6-10-23-46/h4-41H,3H2,1-2H3/b25-4-. The average molecular weight is 819 g/mol. The fourth-order valence-electron chi connectivity index (χ4n) is 11.0. The molecule has 0 N–H and O–H groups in total. The van der Waals surface area contributed by atoms with Crippen LogP contribution < -0.4 is 4.90 Å². The topological polar surface area (TPSA) is 8.17 Å². The number of aromatic nitrogens is 1. The molecule has 2 aliphatic carbocycles. The molecule has 1 aromatic heterocycles. The highest BCUT2D eigenvalue weighted by Gasteiger charge is 2.51. The third-order valence-corrected chi connectivity index (χ3v) is 13.8. The van der Waals surface area contributed by atoms with Gasteiger partial charge in [-0.05, 0) is 135 Å². The van der Waals surface area contributed by atoms with E-state index in [0.717, 1.165) is 29.2 Å². The number of nitrogens with zero attached hydrogens (tertiary/aromatic N) is 2. The van der Waals surface area contributed by atoms with Crippen LogP contribution in [0.5, 0.6) is 0 Å². The monoisotopic (exact) mass is 818 g/mol. The summed E-state index contributed by atoms with van der Waals surface area (Å²) < 4.78 is 2.40. The summed E-state index contributed by atoms with van der Waals surface area (Å²) in [5.74, 6) is 0. The number of anilines is 3. The highest BCUT2D eigenvalue weighted by molar-refractivity contribution is 6.10. The van der Waals surface area contributed by atoms with Crippen LogP contribution in [0.15, 0.2) is 236 Å². The predicted molar refractivity (Wildman–Crippen MR) is 270 cm³/mol. The molecule has 304 valence electrons. The number of fused-ring (bicyclic) bond motifs is 10. The molecule has 1 unspecified atom stereocenters. The third kappa shape index (κ3) is 5.65. The zero-order valence-electron chi connectivity index (χ0n) is 36.0. The van der Waals surface area contributed by atoms with Gasteiger partial charge in [0.1, 0.15) is 0 Å². The Morgan fingerprint density at radius 1 is 0.453 bits per heavy atom. The van der Waals surface area contributed by atoms with Crippen LogP contribution in [0, 0.1) is 0 Å². The Kier molecular flexibility index (Phi) is 8.95. The first-order valence-corrected chi connectivity index (χ1v) is 22.5. The summed E-state index contributed by atoms with van der Waals surface area (Å²) in [4.78, 5) is 2.41. The molecular weight excluding hydrogens is 773 g/mol. The van der Waals surface area contributed by atoms with Gasteiger partial charge in [0, 0.05) is 33.5 Å². The number of hydrogen-bond donors (Lipinski definition) is 0. The van der Waals surface area contributed by atoms with Crippen molar-refractivity contribution in [3.63, 3.8) is 0 Å². The zero-order chi connectivity index (χ0) is 42.8. The SMILES string of the molecule is CC/C=C\C1=C(C)C2(c3ccccc31)c1ccccc1-c1c(-c3ccc(N(c4cccc(-c5ccccc5)c4)c4ccc5c6ccccc6n(-c6ccccc6)c5c4)cc3)cccc12. The van der Waals surface area contributed by atoms with Gasteiger partial charge in [-0.2, -0.15) is 0 Å². The molecular formula is C62H46N2. The minimum absolute atomic E-state index is 0.354. The fraction of sp³-hybridized carbons (Fsp3) is 0.0645. The van der Waals surface area contributed by atoms with Gasteiger partial charge in [-0.1, -0.05) is 183 Å². The van der Waals surface area contributed by atoms with Crippen molar-refractivity contribution in [1.29, 1.82) is 0 Å². The Hall–Kier alpha value is -7.94. The largest absolute Gasteiger partial charge is 0.310 e. The molecule has 0 fully saturated rings. The minimum Gasteiger partial charge on any atom is -0.310 e. The van der Waals surface area contributed by atoms with E-state index in [-0.39, 0.29) is 5.41 Å². The lowest BCUT2D eigenvalue weighted by molar-refractivity contribution is 0.766. The molecule has 64 heavy (non-hydrogen) atoms. The van der Waals surface area contributed by atoms with Crippen LogP contribution in [0.3, 0.4) is 0 Å². The van der Waals surface area contributed by atoms with Crippen molar-refractivity contribution < 1.29 is 0 Å². The summed E-state index contributed by atoms with van der Waals surface area (Å²) in [6.45, 7) is 4.58. The number of rotatable bonds is 8. The van der Waals surface area contributed by atoms with Crippen LogP contribution in [-0.4, -0.2) is 4.57 Å². The lowest BCUT2D eigenvalue weighted by Gasteiger charge is -2.31. The maximum atomic E-state index is 2.41. The van der Waals surface area contributed by atoms with E-state index >= 15 is 0 Å². The second kappa shape index (κ2) is 15.1. The fourth-order valence-corrected chi connectivity index (χ4v) is 11.0. The molecule has 9 aromatic carbocycles. The van der Waals surface area contributed by atoms with Crippen molar-refractivity contribution >= 4 is 44.4 Å². The molecule has 0 amide bonds. The summed E-state index contributed by atoms with van der Waals surface area (Å²) in [5.41, 5.74) is 22.1. The van der Waals surface area contributed by atoms with Crippen molar-refractivity contribution in [2.75, 3.05) is 4.90 Å². The summed E-state index contributed by atoms with van der Waals surface area (Å²) in [7, 11) is 0. The van der Waals surface area contributed by atoms with Crippen LogP contribution in [-0.2, 0) is 5.41 Å². The van der Waals surface area contributed by atoms with E-state index in [1.807, 2.05) is 0 Å². The van der Waals surface area contributed by atoms with E-state index in [1.54, 1.807) is 0 Å². The van der Waals surface area contributed by atoms with Gasteiger partial charge in [-0.15, -0.1) is 0 Å². The quantitative estimate of drug-likeness (QED) is 0.148. The zero-order valence-corrected chi connectivity index (χ0v) is 36.0. The third-order valence-electron chi connectivity index (χ3n) is 13.8.